The summed E-state index contributed by atoms with van der Waals surface area (Å²) in [6.07, 6.45) is 2.31. The van der Waals surface area contributed by atoms with Crippen molar-refractivity contribution in [2.24, 2.45) is 4.99 Å². The second kappa shape index (κ2) is 11.5. The molecule has 0 atom stereocenters. The van der Waals surface area contributed by atoms with E-state index < -0.39 is 0 Å². The van der Waals surface area contributed by atoms with E-state index in [1.165, 1.54) is 16.1 Å². The third-order valence-corrected chi connectivity index (χ3v) is 6.72. The van der Waals surface area contributed by atoms with Crippen molar-refractivity contribution in [1.29, 1.82) is 0 Å². The molecule has 31 heavy (non-hydrogen) atoms. The molecule has 0 bridgehead atoms. The van der Waals surface area contributed by atoms with Crippen LogP contribution in [0.4, 0.5) is 5.00 Å². The van der Waals surface area contributed by atoms with E-state index in [1.54, 1.807) is 0 Å². The molecule has 2 saturated heterocycles. The quantitative estimate of drug-likeness (QED) is 0.523. The summed E-state index contributed by atoms with van der Waals surface area (Å²) in [4.78, 5) is 9.79. The van der Waals surface area contributed by atoms with E-state index in [4.69, 9.17) is 14.5 Å². The van der Waals surface area contributed by atoms with Crippen LogP contribution in [0.25, 0.3) is 0 Å². The highest BCUT2D eigenvalue weighted by atomic mass is 32.1. The molecular weight excluding hydrogens is 408 g/mol. The Morgan fingerprint density at radius 1 is 1.13 bits per heavy atom. The van der Waals surface area contributed by atoms with Crippen LogP contribution >= 0.6 is 11.3 Å². The molecule has 6 nitrogen and oxygen atoms in total. The molecule has 1 aromatic heterocycles. The first kappa shape index (κ1) is 22.1. The SMILES string of the molecule is CCNC(=NCc1cccc(COC2CCOCC2)c1)N1CCN(c2cccs2)CC1. The molecule has 3 heterocycles. The number of hydrogen-bond acceptors (Lipinski definition) is 5. The summed E-state index contributed by atoms with van der Waals surface area (Å²) in [5.41, 5.74) is 2.44. The Kier molecular flexibility index (Phi) is 8.21. The van der Waals surface area contributed by atoms with Crippen LogP contribution in [0, 0.1) is 0 Å². The Labute approximate surface area is 189 Å². The van der Waals surface area contributed by atoms with Crippen molar-refractivity contribution in [2.45, 2.75) is 39.0 Å². The average Bonchev–Trinajstić information content (AvgIpc) is 3.37. The van der Waals surface area contributed by atoms with Gasteiger partial charge in [0, 0.05) is 45.9 Å². The molecular formula is C24H34N4O2S. The van der Waals surface area contributed by atoms with Crippen LogP contribution in [0.1, 0.15) is 30.9 Å². The Morgan fingerprint density at radius 2 is 1.94 bits per heavy atom. The van der Waals surface area contributed by atoms with Gasteiger partial charge in [-0.3, -0.25) is 0 Å². The monoisotopic (exact) mass is 442 g/mol. The zero-order valence-corrected chi connectivity index (χ0v) is 19.3. The predicted molar refractivity (Wildman–Crippen MR) is 128 cm³/mol. The summed E-state index contributed by atoms with van der Waals surface area (Å²) in [5.74, 6) is 1.01. The molecule has 0 saturated carbocycles. The number of ether oxygens (including phenoxy) is 2. The van der Waals surface area contributed by atoms with Crippen LogP contribution in [0.15, 0.2) is 46.8 Å². The van der Waals surface area contributed by atoms with Crippen molar-refractivity contribution in [2.75, 3.05) is 50.8 Å². The fraction of sp³-hybridized carbons (Fsp3) is 0.542. The van der Waals surface area contributed by atoms with Gasteiger partial charge < -0.3 is 24.6 Å². The first-order valence-corrected chi connectivity index (χ1v) is 12.3. The molecule has 2 aromatic rings. The number of piperazine rings is 1. The van der Waals surface area contributed by atoms with Crippen molar-refractivity contribution >= 4 is 22.3 Å². The number of aliphatic imine (C=N–C) groups is 1. The van der Waals surface area contributed by atoms with Gasteiger partial charge in [0.1, 0.15) is 0 Å². The van der Waals surface area contributed by atoms with E-state index in [1.807, 2.05) is 11.3 Å². The first-order valence-electron chi connectivity index (χ1n) is 11.4. The molecule has 1 aromatic carbocycles. The van der Waals surface area contributed by atoms with E-state index in [2.05, 4.69) is 63.8 Å². The highest BCUT2D eigenvalue weighted by Crippen LogP contribution is 2.22. The Bertz CT molecular complexity index is 813. The summed E-state index contributed by atoms with van der Waals surface area (Å²) in [6.45, 7) is 10.0. The normalized spacial score (nSPS) is 18.4. The van der Waals surface area contributed by atoms with Crippen molar-refractivity contribution in [3.63, 3.8) is 0 Å². The number of rotatable bonds is 7. The zero-order chi connectivity index (χ0) is 21.3. The molecule has 1 N–H and O–H groups in total. The molecule has 7 heteroatoms. The van der Waals surface area contributed by atoms with Crippen LogP contribution in [-0.2, 0) is 22.6 Å². The Balaban J connectivity index is 1.32. The van der Waals surface area contributed by atoms with Crippen molar-refractivity contribution in [3.05, 3.63) is 52.9 Å². The minimum absolute atomic E-state index is 0.323. The maximum absolute atomic E-state index is 6.08. The molecule has 2 aliphatic heterocycles. The van der Waals surface area contributed by atoms with Gasteiger partial charge in [-0.05, 0) is 48.4 Å². The zero-order valence-electron chi connectivity index (χ0n) is 18.5. The highest BCUT2D eigenvalue weighted by molar-refractivity contribution is 7.14. The lowest BCUT2D eigenvalue weighted by Gasteiger charge is -2.37. The number of nitrogens with zero attached hydrogens (tertiary/aromatic N) is 3. The minimum Gasteiger partial charge on any atom is -0.381 e. The molecule has 168 valence electrons. The lowest BCUT2D eigenvalue weighted by molar-refractivity contribution is -0.0390. The molecule has 0 radical (unpaired) electrons. The van der Waals surface area contributed by atoms with Crippen LogP contribution in [0.3, 0.4) is 0 Å². The fourth-order valence-corrected chi connectivity index (χ4v) is 4.84. The van der Waals surface area contributed by atoms with Gasteiger partial charge in [-0.1, -0.05) is 24.3 Å². The largest absolute Gasteiger partial charge is 0.381 e. The Morgan fingerprint density at radius 3 is 2.68 bits per heavy atom. The van der Waals surface area contributed by atoms with Gasteiger partial charge in [0.15, 0.2) is 5.96 Å². The van der Waals surface area contributed by atoms with Crippen LogP contribution < -0.4 is 10.2 Å². The van der Waals surface area contributed by atoms with Crippen LogP contribution in [0.5, 0.6) is 0 Å². The van der Waals surface area contributed by atoms with Gasteiger partial charge in [0.2, 0.25) is 0 Å². The summed E-state index contributed by atoms with van der Waals surface area (Å²) >= 11 is 1.82. The third-order valence-electron chi connectivity index (χ3n) is 5.79. The number of guanidine groups is 1. The highest BCUT2D eigenvalue weighted by Gasteiger charge is 2.20. The molecule has 2 fully saturated rings. The standard InChI is InChI=1S/C24H34N4O2S/c1-2-25-24(28-12-10-27(11-13-28)23-7-4-16-31-23)26-18-20-5-3-6-21(17-20)19-30-22-8-14-29-15-9-22/h3-7,16-17,22H,2,8-15,18-19H2,1H3,(H,25,26). The van der Waals surface area contributed by atoms with Gasteiger partial charge in [-0.2, -0.15) is 0 Å². The third kappa shape index (κ3) is 6.45. The molecule has 4 rings (SSSR count). The number of hydrogen-bond donors (Lipinski definition) is 1. The van der Waals surface area contributed by atoms with Gasteiger partial charge in [-0.25, -0.2) is 4.99 Å². The van der Waals surface area contributed by atoms with E-state index in [9.17, 15) is 0 Å². The van der Waals surface area contributed by atoms with E-state index in [-0.39, 0.29) is 0 Å². The smallest absolute Gasteiger partial charge is 0.194 e. The van der Waals surface area contributed by atoms with Crippen molar-refractivity contribution < 1.29 is 9.47 Å². The fourth-order valence-electron chi connectivity index (χ4n) is 4.05. The number of thiophene rings is 1. The molecule has 0 spiro atoms. The average molecular weight is 443 g/mol. The van der Waals surface area contributed by atoms with Crippen molar-refractivity contribution in [3.8, 4) is 0 Å². The lowest BCUT2D eigenvalue weighted by Crippen LogP contribution is -2.52. The first-order chi connectivity index (χ1) is 15.3. The molecule has 0 amide bonds. The summed E-state index contributed by atoms with van der Waals surface area (Å²) in [5, 5.41) is 6.99. The summed E-state index contributed by atoms with van der Waals surface area (Å²) in [7, 11) is 0. The van der Waals surface area contributed by atoms with E-state index in [0.717, 1.165) is 64.7 Å². The van der Waals surface area contributed by atoms with E-state index >= 15 is 0 Å². The summed E-state index contributed by atoms with van der Waals surface area (Å²) < 4.78 is 11.5. The maximum Gasteiger partial charge on any atom is 0.194 e. The van der Waals surface area contributed by atoms with Gasteiger partial charge >= 0.3 is 0 Å². The Hall–Kier alpha value is -2.09. The van der Waals surface area contributed by atoms with Crippen LogP contribution in [-0.4, -0.2) is 62.9 Å². The van der Waals surface area contributed by atoms with Gasteiger partial charge in [-0.15, -0.1) is 11.3 Å². The maximum atomic E-state index is 6.08. The second-order valence-electron chi connectivity index (χ2n) is 8.04. The van der Waals surface area contributed by atoms with Gasteiger partial charge in [0.25, 0.3) is 0 Å². The van der Waals surface area contributed by atoms with E-state index in [0.29, 0.717) is 19.3 Å². The second-order valence-corrected chi connectivity index (χ2v) is 8.96. The van der Waals surface area contributed by atoms with Crippen LogP contribution in [0.2, 0.25) is 0 Å². The number of benzene rings is 1. The predicted octanol–water partition coefficient (Wildman–Crippen LogP) is 3.73. The van der Waals surface area contributed by atoms with Crippen molar-refractivity contribution in [1.82, 2.24) is 10.2 Å². The molecule has 0 unspecified atom stereocenters. The molecule has 0 aliphatic carbocycles. The topological polar surface area (TPSA) is 49.3 Å². The number of nitrogens with one attached hydrogen (secondary N) is 1. The number of anilines is 1. The lowest BCUT2D eigenvalue weighted by atomic mass is 10.1. The minimum atomic E-state index is 0.323. The molecule has 2 aliphatic rings. The summed E-state index contributed by atoms with van der Waals surface area (Å²) in [6, 6.07) is 13.0. The van der Waals surface area contributed by atoms with Gasteiger partial charge in [0.05, 0.1) is 24.3 Å².